The highest BCUT2D eigenvalue weighted by Crippen LogP contribution is 2.11. The normalized spacial score (nSPS) is 29.6. The van der Waals surface area contributed by atoms with E-state index in [-0.39, 0.29) is 0 Å². The molecule has 0 aromatic rings. The molecule has 1 saturated heterocycles. The average molecular weight is 200 g/mol. The third-order valence-corrected chi connectivity index (χ3v) is 3.24. The molecule has 1 aliphatic rings. The molecule has 0 amide bonds. The first-order chi connectivity index (χ1) is 6.65. The zero-order chi connectivity index (χ0) is 10.6. The molecular weight excluding hydrogens is 176 g/mol. The van der Waals surface area contributed by atoms with Gasteiger partial charge in [-0.15, -0.1) is 0 Å². The summed E-state index contributed by atoms with van der Waals surface area (Å²) < 4.78 is 5.63. The van der Waals surface area contributed by atoms with Crippen LogP contribution in [0.5, 0.6) is 0 Å². The van der Waals surface area contributed by atoms with Gasteiger partial charge in [0.25, 0.3) is 0 Å². The van der Waals surface area contributed by atoms with Crippen molar-refractivity contribution in [1.29, 1.82) is 0 Å². The maximum Gasteiger partial charge on any atom is 0.0674 e. The third kappa shape index (κ3) is 3.23. The molecule has 0 aliphatic carbocycles. The zero-order valence-corrected chi connectivity index (χ0v) is 9.92. The Morgan fingerprint density at radius 3 is 2.79 bits per heavy atom. The second-order valence-electron chi connectivity index (χ2n) is 4.35. The monoisotopic (exact) mass is 200 g/mol. The van der Waals surface area contributed by atoms with Crippen molar-refractivity contribution in [2.45, 2.75) is 45.4 Å². The molecule has 1 fully saturated rings. The average Bonchev–Trinajstić information content (AvgIpc) is 2.40. The fourth-order valence-corrected chi connectivity index (χ4v) is 1.95. The van der Waals surface area contributed by atoms with E-state index in [4.69, 9.17) is 4.74 Å². The van der Waals surface area contributed by atoms with E-state index in [0.29, 0.717) is 18.2 Å². The predicted molar refractivity (Wildman–Crippen MR) is 59.6 cm³/mol. The molecule has 14 heavy (non-hydrogen) atoms. The van der Waals surface area contributed by atoms with Gasteiger partial charge in [0.1, 0.15) is 0 Å². The Bertz CT molecular complexity index is 163. The molecular formula is C11H24N2O. The van der Waals surface area contributed by atoms with Crippen molar-refractivity contribution in [3.63, 3.8) is 0 Å². The van der Waals surface area contributed by atoms with Crippen LogP contribution >= 0.6 is 0 Å². The lowest BCUT2D eigenvalue weighted by Gasteiger charge is -2.32. The number of rotatable bonds is 3. The molecule has 1 rings (SSSR count). The summed E-state index contributed by atoms with van der Waals surface area (Å²) in [6.07, 6.45) is 1.54. The number of nitrogens with zero attached hydrogens (tertiary/aromatic N) is 1. The summed E-state index contributed by atoms with van der Waals surface area (Å²) in [5, 5.41) is 3.31. The highest BCUT2D eigenvalue weighted by atomic mass is 16.5. The van der Waals surface area contributed by atoms with Crippen molar-refractivity contribution in [2.75, 3.05) is 26.7 Å². The predicted octanol–water partition coefficient (Wildman–Crippen LogP) is 1.09. The minimum absolute atomic E-state index is 0.379. The first kappa shape index (κ1) is 12.0. The molecule has 1 aliphatic heterocycles. The summed E-state index contributed by atoms with van der Waals surface area (Å²) >= 11 is 0. The van der Waals surface area contributed by atoms with Gasteiger partial charge >= 0.3 is 0 Å². The van der Waals surface area contributed by atoms with Gasteiger partial charge in [-0.3, -0.25) is 4.90 Å². The van der Waals surface area contributed by atoms with Crippen LogP contribution in [0.15, 0.2) is 0 Å². The maximum atomic E-state index is 5.63. The second-order valence-corrected chi connectivity index (χ2v) is 4.35. The van der Waals surface area contributed by atoms with Crippen LogP contribution in [-0.2, 0) is 4.74 Å². The van der Waals surface area contributed by atoms with Crippen LogP contribution in [0.1, 0.15) is 27.2 Å². The molecule has 1 heterocycles. The lowest BCUT2D eigenvalue weighted by atomic mass is 10.1. The van der Waals surface area contributed by atoms with E-state index in [0.717, 1.165) is 26.1 Å². The summed E-state index contributed by atoms with van der Waals surface area (Å²) in [4.78, 5) is 2.53. The first-order valence-electron chi connectivity index (χ1n) is 5.68. The fourth-order valence-electron chi connectivity index (χ4n) is 1.95. The summed E-state index contributed by atoms with van der Waals surface area (Å²) in [6, 6.07) is 1.13. The van der Waals surface area contributed by atoms with E-state index in [9.17, 15) is 0 Å². The van der Waals surface area contributed by atoms with Gasteiger partial charge in [0.05, 0.1) is 6.10 Å². The van der Waals surface area contributed by atoms with Crippen molar-refractivity contribution in [3.05, 3.63) is 0 Å². The highest BCUT2D eigenvalue weighted by Gasteiger charge is 2.22. The van der Waals surface area contributed by atoms with Crippen molar-refractivity contribution in [2.24, 2.45) is 0 Å². The Hall–Kier alpha value is -0.120. The molecule has 84 valence electrons. The Morgan fingerprint density at radius 1 is 1.43 bits per heavy atom. The Balaban J connectivity index is 2.47. The van der Waals surface area contributed by atoms with Crippen molar-refractivity contribution < 1.29 is 4.74 Å². The van der Waals surface area contributed by atoms with Crippen LogP contribution < -0.4 is 5.32 Å². The van der Waals surface area contributed by atoms with Crippen LogP contribution in [-0.4, -0.2) is 49.8 Å². The molecule has 3 unspecified atom stereocenters. The fraction of sp³-hybridized carbons (Fsp3) is 1.00. The first-order valence-corrected chi connectivity index (χ1v) is 5.68. The Morgan fingerprint density at radius 2 is 2.14 bits per heavy atom. The van der Waals surface area contributed by atoms with Crippen molar-refractivity contribution >= 4 is 0 Å². The zero-order valence-electron chi connectivity index (χ0n) is 9.92. The van der Waals surface area contributed by atoms with Gasteiger partial charge in [0, 0.05) is 31.8 Å². The molecule has 0 spiro atoms. The smallest absolute Gasteiger partial charge is 0.0674 e. The van der Waals surface area contributed by atoms with Gasteiger partial charge in [0.2, 0.25) is 0 Å². The number of hydrogen-bond acceptors (Lipinski definition) is 3. The van der Waals surface area contributed by atoms with E-state index in [1.807, 2.05) is 7.05 Å². The lowest BCUT2D eigenvalue weighted by Crippen LogP contribution is -2.47. The molecule has 0 aromatic carbocycles. The van der Waals surface area contributed by atoms with E-state index in [1.54, 1.807) is 0 Å². The molecule has 1 N–H and O–H groups in total. The van der Waals surface area contributed by atoms with Gasteiger partial charge in [0.15, 0.2) is 0 Å². The SMILES string of the molecule is CNC(C)C(C)N1CCCOC(C)C1. The van der Waals surface area contributed by atoms with Crippen molar-refractivity contribution in [3.8, 4) is 0 Å². The summed E-state index contributed by atoms with van der Waals surface area (Å²) in [5.41, 5.74) is 0. The standard InChI is InChI=1S/C11H24N2O/c1-9-8-13(6-5-7-14-9)11(3)10(2)12-4/h9-12H,5-8H2,1-4H3. The number of nitrogens with one attached hydrogen (secondary N) is 1. The highest BCUT2D eigenvalue weighted by molar-refractivity contribution is 4.79. The number of likely N-dealkylation sites (N-methyl/N-ethyl adjacent to an activating group) is 1. The minimum Gasteiger partial charge on any atom is -0.377 e. The van der Waals surface area contributed by atoms with E-state index in [1.165, 1.54) is 0 Å². The Kier molecular flexibility index (Phi) is 4.85. The topological polar surface area (TPSA) is 24.5 Å². The quantitative estimate of drug-likeness (QED) is 0.738. The summed E-state index contributed by atoms with van der Waals surface area (Å²) in [7, 11) is 2.03. The van der Waals surface area contributed by atoms with Gasteiger partial charge < -0.3 is 10.1 Å². The third-order valence-electron chi connectivity index (χ3n) is 3.24. The van der Waals surface area contributed by atoms with Crippen LogP contribution in [0.4, 0.5) is 0 Å². The van der Waals surface area contributed by atoms with Gasteiger partial charge in [-0.2, -0.15) is 0 Å². The van der Waals surface area contributed by atoms with Crippen LogP contribution in [0.2, 0.25) is 0 Å². The van der Waals surface area contributed by atoms with E-state index in [2.05, 4.69) is 31.0 Å². The molecule has 0 radical (unpaired) electrons. The van der Waals surface area contributed by atoms with Crippen molar-refractivity contribution in [1.82, 2.24) is 10.2 Å². The molecule has 0 saturated carbocycles. The van der Waals surface area contributed by atoms with E-state index < -0.39 is 0 Å². The largest absolute Gasteiger partial charge is 0.377 e. The molecule has 3 heteroatoms. The summed E-state index contributed by atoms with van der Waals surface area (Å²) in [6.45, 7) is 9.83. The molecule has 3 atom stereocenters. The van der Waals surface area contributed by atoms with Crippen LogP contribution in [0, 0.1) is 0 Å². The summed E-state index contributed by atoms with van der Waals surface area (Å²) in [5.74, 6) is 0. The molecule has 0 bridgehead atoms. The van der Waals surface area contributed by atoms with Crippen LogP contribution in [0.25, 0.3) is 0 Å². The second kappa shape index (κ2) is 5.69. The van der Waals surface area contributed by atoms with Gasteiger partial charge in [-0.25, -0.2) is 0 Å². The Labute approximate surface area is 87.8 Å². The lowest BCUT2D eigenvalue weighted by molar-refractivity contribution is 0.0592. The van der Waals surface area contributed by atoms with Gasteiger partial charge in [-0.05, 0) is 34.2 Å². The number of ether oxygens (including phenoxy) is 1. The minimum atomic E-state index is 0.379. The van der Waals surface area contributed by atoms with Crippen LogP contribution in [0.3, 0.4) is 0 Å². The maximum absolute atomic E-state index is 5.63. The molecule has 0 aromatic heterocycles. The van der Waals surface area contributed by atoms with E-state index >= 15 is 0 Å². The van der Waals surface area contributed by atoms with Gasteiger partial charge in [-0.1, -0.05) is 0 Å². The number of hydrogen-bond donors (Lipinski definition) is 1. The molecule has 3 nitrogen and oxygen atoms in total.